The van der Waals surface area contributed by atoms with E-state index in [1.165, 1.54) is 5.56 Å². The molecule has 0 fully saturated rings. The highest BCUT2D eigenvalue weighted by Gasteiger charge is 2.19. The van der Waals surface area contributed by atoms with Crippen molar-refractivity contribution in [3.8, 4) is 17.0 Å². The van der Waals surface area contributed by atoms with Crippen molar-refractivity contribution in [1.82, 2.24) is 4.98 Å². The number of hydrogen-bond acceptors (Lipinski definition) is 3. The predicted octanol–water partition coefficient (Wildman–Crippen LogP) is 4.12. The van der Waals surface area contributed by atoms with Crippen LogP contribution in [0.1, 0.15) is 26.3 Å². The second-order valence-electron chi connectivity index (χ2n) is 5.04. The molecule has 17 heavy (non-hydrogen) atoms. The predicted molar refractivity (Wildman–Crippen MR) is 72.8 cm³/mol. The molecule has 90 valence electrons. The minimum atomic E-state index is 0.0668. The Kier molecular flexibility index (Phi) is 3.20. The lowest BCUT2D eigenvalue weighted by atomic mass is 9.85. The van der Waals surface area contributed by atoms with Gasteiger partial charge in [-0.3, -0.25) is 0 Å². The fraction of sp³-hybridized carbons (Fsp3) is 0.357. The number of aromatic nitrogens is 1. The first-order valence-corrected chi connectivity index (χ1v) is 6.54. The van der Waals surface area contributed by atoms with Crippen molar-refractivity contribution < 1.29 is 4.74 Å². The van der Waals surface area contributed by atoms with Crippen LogP contribution in [-0.4, -0.2) is 12.1 Å². The lowest BCUT2D eigenvalue weighted by molar-refractivity contribution is 0.397. The molecule has 0 atom stereocenters. The van der Waals surface area contributed by atoms with Crippen molar-refractivity contribution in [3.05, 3.63) is 34.7 Å². The van der Waals surface area contributed by atoms with E-state index in [4.69, 9.17) is 4.74 Å². The molecule has 0 radical (unpaired) electrons. The number of methoxy groups -OCH3 is 1. The number of ether oxygens (including phenoxy) is 1. The first-order chi connectivity index (χ1) is 8.02. The molecule has 2 rings (SSSR count). The zero-order valence-corrected chi connectivity index (χ0v) is 11.5. The second-order valence-corrected chi connectivity index (χ2v) is 5.76. The summed E-state index contributed by atoms with van der Waals surface area (Å²) < 4.78 is 5.43. The second kappa shape index (κ2) is 4.49. The van der Waals surface area contributed by atoms with E-state index in [1.54, 1.807) is 18.4 Å². The summed E-state index contributed by atoms with van der Waals surface area (Å²) in [5.74, 6) is 0.941. The maximum atomic E-state index is 5.43. The van der Waals surface area contributed by atoms with Gasteiger partial charge in [0.1, 0.15) is 5.75 Å². The van der Waals surface area contributed by atoms with Gasteiger partial charge in [0, 0.05) is 16.5 Å². The summed E-state index contributed by atoms with van der Waals surface area (Å²) in [5, 5.41) is 2.06. The number of benzene rings is 1. The summed E-state index contributed by atoms with van der Waals surface area (Å²) in [5.41, 5.74) is 5.32. The molecule has 2 nitrogen and oxygen atoms in total. The van der Waals surface area contributed by atoms with Gasteiger partial charge in [0.05, 0.1) is 18.3 Å². The highest BCUT2D eigenvalue weighted by atomic mass is 32.1. The van der Waals surface area contributed by atoms with Gasteiger partial charge in [-0.2, -0.15) is 0 Å². The first-order valence-electron chi connectivity index (χ1n) is 5.59. The maximum absolute atomic E-state index is 5.43. The summed E-state index contributed by atoms with van der Waals surface area (Å²) in [7, 11) is 1.72. The molecule has 0 amide bonds. The fourth-order valence-electron chi connectivity index (χ4n) is 1.81. The average Bonchev–Trinajstić information content (AvgIpc) is 2.80. The van der Waals surface area contributed by atoms with Crippen LogP contribution in [0.4, 0.5) is 0 Å². The zero-order valence-electron chi connectivity index (χ0n) is 10.7. The van der Waals surface area contributed by atoms with Crippen LogP contribution in [0.5, 0.6) is 5.75 Å². The largest absolute Gasteiger partial charge is 0.496 e. The van der Waals surface area contributed by atoms with Gasteiger partial charge < -0.3 is 4.74 Å². The van der Waals surface area contributed by atoms with E-state index in [0.717, 1.165) is 17.0 Å². The molecule has 1 aromatic carbocycles. The van der Waals surface area contributed by atoms with Gasteiger partial charge in [0.15, 0.2) is 0 Å². The smallest absolute Gasteiger partial charge is 0.122 e. The molecule has 0 bridgehead atoms. The number of hydrogen-bond donors (Lipinski definition) is 0. The topological polar surface area (TPSA) is 22.1 Å². The maximum Gasteiger partial charge on any atom is 0.122 e. The monoisotopic (exact) mass is 247 g/mol. The number of rotatable bonds is 2. The molecule has 2 aromatic rings. The van der Waals surface area contributed by atoms with Crippen LogP contribution in [-0.2, 0) is 5.41 Å². The third-order valence-electron chi connectivity index (χ3n) is 2.74. The quantitative estimate of drug-likeness (QED) is 0.796. The number of thiazole rings is 1. The molecule has 0 unspecified atom stereocenters. The molecule has 0 aliphatic rings. The van der Waals surface area contributed by atoms with Crippen LogP contribution >= 0.6 is 11.3 Å². The van der Waals surface area contributed by atoms with Crippen molar-refractivity contribution in [2.45, 2.75) is 26.2 Å². The zero-order chi connectivity index (χ0) is 12.5. The van der Waals surface area contributed by atoms with Crippen LogP contribution < -0.4 is 4.74 Å². The Labute approximate surface area is 106 Å². The van der Waals surface area contributed by atoms with Gasteiger partial charge in [0.25, 0.3) is 0 Å². The van der Waals surface area contributed by atoms with Crippen molar-refractivity contribution >= 4 is 11.3 Å². The third kappa shape index (κ3) is 2.50. The normalized spacial score (nSPS) is 11.5. The Balaban J connectivity index is 2.53. The Bertz CT molecular complexity index is 497. The van der Waals surface area contributed by atoms with Gasteiger partial charge in [-0.1, -0.05) is 20.8 Å². The fourth-order valence-corrected chi connectivity index (χ4v) is 2.37. The van der Waals surface area contributed by atoms with Crippen LogP contribution in [0.15, 0.2) is 29.1 Å². The molecule has 1 aromatic heterocycles. The molecular weight excluding hydrogens is 230 g/mol. The van der Waals surface area contributed by atoms with Gasteiger partial charge in [0.2, 0.25) is 0 Å². The van der Waals surface area contributed by atoms with E-state index in [2.05, 4.69) is 43.3 Å². The Morgan fingerprint density at radius 2 is 2.00 bits per heavy atom. The van der Waals surface area contributed by atoms with E-state index >= 15 is 0 Å². The lowest BCUT2D eigenvalue weighted by Crippen LogP contribution is -2.12. The lowest BCUT2D eigenvalue weighted by Gasteiger charge is -2.22. The van der Waals surface area contributed by atoms with E-state index in [0.29, 0.717) is 0 Å². The SMILES string of the molecule is COc1ccc(-c2cscn2)cc1C(C)(C)C. The van der Waals surface area contributed by atoms with Crippen molar-refractivity contribution in [3.63, 3.8) is 0 Å². The third-order valence-corrected chi connectivity index (χ3v) is 3.32. The van der Waals surface area contributed by atoms with Crippen molar-refractivity contribution in [2.75, 3.05) is 7.11 Å². The minimum Gasteiger partial charge on any atom is -0.496 e. The highest BCUT2D eigenvalue weighted by molar-refractivity contribution is 7.07. The number of nitrogens with zero attached hydrogens (tertiary/aromatic N) is 1. The molecule has 3 heteroatoms. The standard InChI is InChI=1S/C14H17NOS/c1-14(2,3)11-7-10(5-6-13(11)16-4)12-8-17-9-15-12/h5-9H,1-4H3. The van der Waals surface area contributed by atoms with Gasteiger partial charge in [-0.05, 0) is 23.6 Å². The summed E-state index contributed by atoms with van der Waals surface area (Å²) in [6.45, 7) is 6.57. The Hall–Kier alpha value is -1.35. The van der Waals surface area contributed by atoms with Gasteiger partial charge in [-0.25, -0.2) is 4.98 Å². The molecule has 0 saturated carbocycles. The Morgan fingerprint density at radius 1 is 1.24 bits per heavy atom. The molecule has 0 aliphatic heterocycles. The van der Waals surface area contributed by atoms with Crippen LogP contribution in [0, 0.1) is 0 Å². The van der Waals surface area contributed by atoms with Crippen molar-refractivity contribution in [1.29, 1.82) is 0 Å². The average molecular weight is 247 g/mol. The molecule has 0 N–H and O–H groups in total. The van der Waals surface area contributed by atoms with E-state index in [9.17, 15) is 0 Å². The van der Waals surface area contributed by atoms with Crippen LogP contribution in [0.25, 0.3) is 11.3 Å². The highest BCUT2D eigenvalue weighted by Crippen LogP contribution is 2.34. The molecule has 0 saturated heterocycles. The van der Waals surface area contributed by atoms with Crippen LogP contribution in [0.3, 0.4) is 0 Å². The van der Waals surface area contributed by atoms with Gasteiger partial charge >= 0.3 is 0 Å². The van der Waals surface area contributed by atoms with Crippen molar-refractivity contribution in [2.24, 2.45) is 0 Å². The Morgan fingerprint density at radius 3 is 2.53 bits per heavy atom. The molecule has 0 spiro atoms. The summed E-state index contributed by atoms with van der Waals surface area (Å²) in [6, 6.07) is 6.26. The van der Waals surface area contributed by atoms with Crippen LogP contribution in [0.2, 0.25) is 0 Å². The minimum absolute atomic E-state index is 0.0668. The van der Waals surface area contributed by atoms with E-state index in [1.807, 2.05) is 11.6 Å². The summed E-state index contributed by atoms with van der Waals surface area (Å²) in [4.78, 5) is 4.34. The first kappa shape index (κ1) is 12.1. The molecular formula is C14H17NOS. The van der Waals surface area contributed by atoms with E-state index < -0.39 is 0 Å². The van der Waals surface area contributed by atoms with Gasteiger partial charge in [-0.15, -0.1) is 11.3 Å². The molecule has 0 aliphatic carbocycles. The molecule has 1 heterocycles. The summed E-state index contributed by atoms with van der Waals surface area (Å²) >= 11 is 1.62. The summed E-state index contributed by atoms with van der Waals surface area (Å²) in [6.07, 6.45) is 0. The van der Waals surface area contributed by atoms with E-state index in [-0.39, 0.29) is 5.41 Å².